The summed E-state index contributed by atoms with van der Waals surface area (Å²) >= 11 is 14.4. The monoisotopic (exact) mass is 466 g/mol. The highest BCUT2D eigenvalue weighted by Gasteiger charge is 2.35. The van der Waals surface area contributed by atoms with Crippen LogP contribution < -0.4 is 0 Å². The molecule has 1 atom stereocenters. The van der Waals surface area contributed by atoms with E-state index < -0.39 is 0 Å². The topological polar surface area (TPSA) is 40.6 Å². The molecule has 2 amide bonds. The van der Waals surface area contributed by atoms with Crippen molar-refractivity contribution in [2.24, 2.45) is 0 Å². The Morgan fingerprint density at radius 2 is 2.00 bits per heavy atom. The molecule has 0 fully saturated rings. The van der Waals surface area contributed by atoms with Crippen LogP contribution in [0.1, 0.15) is 62.1 Å². The summed E-state index contributed by atoms with van der Waals surface area (Å²) in [7, 11) is 0. The lowest BCUT2D eigenvalue weighted by Gasteiger charge is -2.38. The summed E-state index contributed by atoms with van der Waals surface area (Å²) in [6.07, 6.45) is 3.08. The molecule has 162 valence electrons. The van der Waals surface area contributed by atoms with Gasteiger partial charge in [-0.2, -0.15) is 0 Å². The van der Waals surface area contributed by atoms with Gasteiger partial charge in [-0.15, -0.1) is 11.3 Å². The lowest BCUT2D eigenvalue weighted by Crippen LogP contribution is -2.48. The summed E-state index contributed by atoms with van der Waals surface area (Å²) in [5, 5.41) is 3.17. The second-order valence-corrected chi connectivity index (χ2v) is 9.77. The molecular formula is C23H28Cl2N2O2S. The number of amides is 2. The first kappa shape index (κ1) is 23.1. The van der Waals surface area contributed by atoms with Crippen molar-refractivity contribution in [2.75, 3.05) is 13.1 Å². The highest BCUT2D eigenvalue weighted by atomic mass is 35.5. The van der Waals surface area contributed by atoms with Crippen molar-refractivity contribution in [1.82, 2.24) is 9.80 Å². The molecule has 0 radical (unpaired) electrons. The van der Waals surface area contributed by atoms with Crippen LogP contribution in [-0.4, -0.2) is 40.7 Å². The van der Waals surface area contributed by atoms with Crippen molar-refractivity contribution in [3.8, 4) is 0 Å². The van der Waals surface area contributed by atoms with Gasteiger partial charge in [0.15, 0.2) is 0 Å². The van der Waals surface area contributed by atoms with Gasteiger partial charge in [0.1, 0.15) is 6.54 Å². The maximum atomic E-state index is 13.5. The zero-order chi connectivity index (χ0) is 21.8. The van der Waals surface area contributed by atoms with Crippen LogP contribution in [0.15, 0.2) is 29.6 Å². The molecule has 1 unspecified atom stereocenters. The highest BCUT2D eigenvalue weighted by Crippen LogP contribution is 2.41. The van der Waals surface area contributed by atoms with E-state index in [0.717, 1.165) is 30.4 Å². The summed E-state index contributed by atoms with van der Waals surface area (Å²) < 4.78 is 0. The Kier molecular flexibility index (Phi) is 7.83. The normalized spacial score (nSPS) is 15.9. The molecular weight excluding hydrogens is 439 g/mol. The van der Waals surface area contributed by atoms with Crippen LogP contribution in [0.4, 0.5) is 0 Å². The molecule has 1 aliphatic rings. The molecule has 0 bridgehead atoms. The zero-order valence-corrected chi connectivity index (χ0v) is 20.0. The first-order valence-electron chi connectivity index (χ1n) is 10.4. The van der Waals surface area contributed by atoms with Crippen LogP contribution in [-0.2, 0) is 16.0 Å². The number of fused-ring (bicyclic) bond motifs is 1. The van der Waals surface area contributed by atoms with Gasteiger partial charge in [0.2, 0.25) is 11.8 Å². The minimum absolute atomic E-state index is 0.0302. The van der Waals surface area contributed by atoms with Gasteiger partial charge in [0.25, 0.3) is 0 Å². The molecule has 7 heteroatoms. The molecule has 0 spiro atoms. The number of carbonyl (C=O) groups is 2. The predicted octanol–water partition coefficient (Wildman–Crippen LogP) is 5.96. The SMILES string of the molecule is CCCCC(=O)N(CC(=O)N1CCc2sccc2C1c1ccc(Cl)cc1Cl)C(C)C. The highest BCUT2D eigenvalue weighted by molar-refractivity contribution is 7.10. The van der Waals surface area contributed by atoms with Gasteiger partial charge in [0, 0.05) is 33.9 Å². The minimum Gasteiger partial charge on any atom is -0.331 e. The zero-order valence-electron chi connectivity index (χ0n) is 17.7. The van der Waals surface area contributed by atoms with Crippen molar-refractivity contribution in [3.05, 3.63) is 55.7 Å². The Morgan fingerprint density at radius 1 is 1.23 bits per heavy atom. The molecule has 30 heavy (non-hydrogen) atoms. The van der Waals surface area contributed by atoms with Crippen molar-refractivity contribution in [1.29, 1.82) is 0 Å². The average Bonchev–Trinajstić information content (AvgIpc) is 3.18. The van der Waals surface area contributed by atoms with E-state index in [2.05, 4.69) is 18.4 Å². The molecule has 3 rings (SSSR count). The summed E-state index contributed by atoms with van der Waals surface area (Å²) in [5.41, 5.74) is 1.97. The second kappa shape index (κ2) is 10.2. The van der Waals surface area contributed by atoms with Crippen molar-refractivity contribution in [2.45, 2.75) is 58.5 Å². The maximum absolute atomic E-state index is 13.5. The standard InChI is InChI=1S/C23H28Cl2N2O2S/c1-4-5-6-21(28)27(15(2)3)14-22(29)26-11-9-20-18(10-12-30-20)23(26)17-8-7-16(24)13-19(17)25/h7-8,10,12-13,15,23H,4-6,9,11,14H2,1-3H3. The average molecular weight is 467 g/mol. The maximum Gasteiger partial charge on any atom is 0.243 e. The summed E-state index contributed by atoms with van der Waals surface area (Å²) in [4.78, 5) is 31.0. The van der Waals surface area contributed by atoms with Gasteiger partial charge in [-0.3, -0.25) is 9.59 Å². The number of hydrogen-bond donors (Lipinski definition) is 0. The van der Waals surface area contributed by atoms with E-state index in [-0.39, 0.29) is 30.4 Å². The lowest BCUT2D eigenvalue weighted by molar-refractivity contribution is -0.143. The quantitative estimate of drug-likeness (QED) is 0.505. The fourth-order valence-corrected chi connectivity index (χ4v) is 5.33. The first-order chi connectivity index (χ1) is 14.3. The molecule has 0 saturated heterocycles. The number of rotatable bonds is 7. The third kappa shape index (κ3) is 5.01. The van der Waals surface area contributed by atoms with Crippen LogP contribution in [0, 0.1) is 0 Å². The van der Waals surface area contributed by atoms with Gasteiger partial charge in [-0.25, -0.2) is 0 Å². The molecule has 0 N–H and O–H groups in total. The Hall–Kier alpha value is -1.56. The van der Waals surface area contributed by atoms with Gasteiger partial charge in [0.05, 0.1) is 6.04 Å². The van der Waals surface area contributed by atoms with Gasteiger partial charge in [-0.1, -0.05) is 42.6 Å². The molecule has 2 aromatic rings. The van der Waals surface area contributed by atoms with Crippen LogP contribution in [0.2, 0.25) is 10.0 Å². The van der Waals surface area contributed by atoms with Crippen LogP contribution >= 0.6 is 34.5 Å². The number of thiophene rings is 1. The smallest absolute Gasteiger partial charge is 0.243 e. The summed E-state index contributed by atoms with van der Waals surface area (Å²) in [6.45, 7) is 6.66. The third-order valence-electron chi connectivity index (χ3n) is 5.54. The molecule has 4 nitrogen and oxygen atoms in total. The van der Waals surface area contributed by atoms with E-state index in [9.17, 15) is 9.59 Å². The van der Waals surface area contributed by atoms with Crippen molar-refractivity contribution >= 4 is 46.4 Å². The lowest BCUT2D eigenvalue weighted by atomic mass is 9.93. The number of benzene rings is 1. The largest absolute Gasteiger partial charge is 0.331 e. The Morgan fingerprint density at radius 3 is 2.67 bits per heavy atom. The number of halogens is 2. The molecule has 2 heterocycles. The Labute approximate surface area is 192 Å². The van der Waals surface area contributed by atoms with Gasteiger partial charge in [-0.05, 0) is 61.4 Å². The first-order valence-corrected chi connectivity index (χ1v) is 12.1. The van der Waals surface area contributed by atoms with Gasteiger partial charge >= 0.3 is 0 Å². The van der Waals surface area contributed by atoms with E-state index in [1.54, 1.807) is 28.4 Å². The van der Waals surface area contributed by atoms with Crippen molar-refractivity contribution in [3.63, 3.8) is 0 Å². The van der Waals surface area contributed by atoms with E-state index in [4.69, 9.17) is 23.2 Å². The van der Waals surface area contributed by atoms with Crippen LogP contribution in [0.25, 0.3) is 0 Å². The van der Waals surface area contributed by atoms with E-state index in [0.29, 0.717) is 23.0 Å². The van der Waals surface area contributed by atoms with Crippen molar-refractivity contribution < 1.29 is 9.59 Å². The van der Waals surface area contributed by atoms with Gasteiger partial charge < -0.3 is 9.80 Å². The predicted molar refractivity (Wildman–Crippen MR) is 124 cm³/mol. The fraction of sp³-hybridized carbons (Fsp3) is 0.478. The fourth-order valence-electron chi connectivity index (χ4n) is 3.91. The summed E-state index contributed by atoms with van der Waals surface area (Å²) in [5.74, 6) is -0.0177. The number of hydrogen-bond acceptors (Lipinski definition) is 3. The third-order valence-corrected chi connectivity index (χ3v) is 7.10. The molecule has 0 aliphatic carbocycles. The number of nitrogens with zero attached hydrogens (tertiary/aromatic N) is 2. The second-order valence-electron chi connectivity index (χ2n) is 7.92. The molecule has 1 aliphatic heterocycles. The Bertz CT molecular complexity index is 912. The molecule has 1 aromatic heterocycles. The van der Waals surface area contributed by atoms with E-state index >= 15 is 0 Å². The Balaban J connectivity index is 1.90. The van der Waals surface area contributed by atoms with Crippen LogP contribution in [0.3, 0.4) is 0 Å². The molecule has 0 saturated carbocycles. The number of carbonyl (C=O) groups excluding carboxylic acids is 2. The van der Waals surface area contributed by atoms with Crippen LogP contribution in [0.5, 0.6) is 0 Å². The summed E-state index contributed by atoms with van der Waals surface area (Å²) in [6, 6.07) is 7.20. The number of unbranched alkanes of at least 4 members (excludes halogenated alkanes) is 1. The molecule has 1 aromatic carbocycles. The van der Waals surface area contributed by atoms with E-state index in [1.165, 1.54) is 4.88 Å². The minimum atomic E-state index is -0.267. The van der Waals surface area contributed by atoms with E-state index in [1.807, 2.05) is 24.8 Å².